The lowest BCUT2D eigenvalue weighted by Gasteiger charge is -2.09. The maximum Gasteiger partial charge on any atom is 0.573 e. The van der Waals surface area contributed by atoms with Crippen LogP contribution in [0.2, 0.25) is 0 Å². The Hall–Kier alpha value is -1.66. The lowest BCUT2D eigenvalue weighted by Crippen LogP contribution is -2.17. The standard InChI is InChI=1S/C7H5F4NO2/c8-4-1-3(14-7(9,10)11)2-5(13)6(4)12/h1-2,13H,12H2. The van der Waals surface area contributed by atoms with Gasteiger partial charge < -0.3 is 15.6 Å². The molecule has 0 atom stereocenters. The molecule has 0 aliphatic heterocycles. The zero-order valence-corrected chi connectivity index (χ0v) is 6.60. The first-order valence-corrected chi connectivity index (χ1v) is 3.33. The fraction of sp³-hybridized carbons (Fsp3) is 0.143. The van der Waals surface area contributed by atoms with Crippen LogP contribution in [-0.2, 0) is 0 Å². The number of ether oxygens (including phenoxy) is 1. The number of rotatable bonds is 1. The van der Waals surface area contributed by atoms with Crippen LogP contribution in [0.3, 0.4) is 0 Å². The Balaban J connectivity index is 3.02. The Bertz CT molecular complexity index is 327. The summed E-state index contributed by atoms with van der Waals surface area (Å²) in [7, 11) is 0. The van der Waals surface area contributed by atoms with E-state index in [1.807, 2.05) is 0 Å². The first kappa shape index (κ1) is 10.4. The first-order valence-electron chi connectivity index (χ1n) is 3.33. The second kappa shape index (κ2) is 3.24. The van der Waals surface area contributed by atoms with Gasteiger partial charge in [0.25, 0.3) is 0 Å². The molecule has 1 aromatic rings. The SMILES string of the molecule is Nc1c(O)cc(OC(F)(F)F)cc1F. The summed E-state index contributed by atoms with van der Waals surface area (Å²) < 4.78 is 51.0. The van der Waals surface area contributed by atoms with Crippen molar-refractivity contribution in [2.75, 3.05) is 5.73 Å². The highest BCUT2D eigenvalue weighted by Crippen LogP contribution is 2.31. The van der Waals surface area contributed by atoms with E-state index in [9.17, 15) is 17.6 Å². The molecule has 7 heteroatoms. The quantitative estimate of drug-likeness (QED) is 0.424. The Morgan fingerprint density at radius 3 is 2.29 bits per heavy atom. The molecule has 0 radical (unpaired) electrons. The highest BCUT2D eigenvalue weighted by atomic mass is 19.4. The van der Waals surface area contributed by atoms with E-state index in [1.54, 1.807) is 0 Å². The third-order valence-electron chi connectivity index (χ3n) is 1.31. The third kappa shape index (κ3) is 2.41. The van der Waals surface area contributed by atoms with Crippen LogP contribution in [0.1, 0.15) is 0 Å². The number of alkyl halides is 3. The fourth-order valence-electron chi connectivity index (χ4n) is 0.772. The highest BCUT2D eigenvalue weighted by Gasteiger charge is 2.31. The molecule has 0 spiro atoms. The number of nitrogen functional groups attached to an aromatic ring is 1. The van der Waals surface area contributed by atoms with Crippen molar-refractivity contribution in [3.8, 4) is 11.5 Å². The third-order valence-corrected chi connectivity index (χ3v) is 1.31. The smallest absolute Gasteiger partial charge is 0.506 e. The average molecular weight is 211 g/mol. The molecule has 0 aliphatic carbocycles. The predicted octanol–water partition coefficient (Wildman–Crippen LogP) is 2.01. The summed E-state index contributed by atoms with van der Waals surface area (Å²) in [5.74, 6) is -2.84. The second-order valence-corrected chi connectivity index (χ2v) is 2.39. The zero-order valence-electron chi connectivity index (χ0n) is 6.60. The minimum Gasteiger partial charge on any atom is -0.506 e. The Kier molecular flexibility index (Phi) is 2.41. The number of hydrogen-bond donors (Lipinski definition) is 2. The minimum atomic E-state index is -4.94. The summed E-state index contributed by atoms with van der Waals surface area (Å²) in [6.07, 6.45) is -4.94. The van der Waals surface area contributed by atoms with Crippen molar-refractivity contribution in [3.05, 3.63) is 17.9 Å². The molecule has 14 heavy (non-hydrogen) atoms. The van der Waals surface area contributed by atoms with Gasteiger partial charge in [-0.1, -0.05) is 0 Å². The minimum absolute atomic E-state index is 0.433. The molecule has 0 heterocycles. The number of hydrogen-bond acceptors (Lipinski definition) is 3. The summed E-state index contributed by atoms with van der Waals surface area (Å²) in [5, 5.41) is 8.87. The number of nitrogens with two attached hydrogens (primary N) is 1. The maximum atomic E-state index is 12.7. The van der Waals surface area contributed by atoms with Crippen molar-refractivity contribution >= 4 is 5.69 Å². The molecule has 0 amide bonds. The van der Waals surface area contributed by atoms with Gasteiger partial charge in [0.2, 0.25) is 0 Å². The van der Waals surface area contributed by atoms with Gasteiger partial charge in [0.05, 0.1) is 0 Å². The predicted molar refractivity (Wildman–Crippen MR) is 39.2 cm³/mol. The number of phenols is 1. The molecule has 3 N–H and O–H groups in total. The largest absolute Gasteiger partial charge is 0.573 e. The number of halogens is 4. The number of benzene rings is 1. The van der Waals surface area contributed by atoms with Gasteiger partial charge in [0, 0.05) is 12.1 Å². The molecule has 3 nitrogen and oxygen atoms in total. The molecule has 0 unspecified atom stereocenters. The van der Waals surface area contributed by atoms with Crippen molar-refractivity contribution in [1.82, 2.24) is 0 Å². The van der Waals surface area contributed by atoms with Crippen molar-refractivity contribution < 1.29 is 27.4 Å². The molecule has 0 saturated heterocycles. The molecular formula is C7H5F4NO2. The van der Waals surface area contributed by atoms with Crippen LogP contribution in [0.15, 0.2) is 12.1 Å². The van der Waals surface area contributed by atoms with Gasteiger partial charge in [-0.3, -0.25) is 0 Å². The van der Waals surface area contributed by atoms with Gasteiger partial charge in [0.15, 0.2) is 5.82 Å². The molecule has 1 aromatic carbocycles. The summed E-state index contributed by atoms with van der Waals surface area (Å²) >= 11 is 0. The molecule has 0 fully saturated rings. The summed E-state index contributed by atoms with van der Waals surface area (Å²) in [6.45, 7) is 0. The van der Waals surface area contributed by atoms with Crippen LogP contribution in [0.4, 0.5) is 23.2 Å². The van der Waals surface area contributed by atoms with Crippen LogP contribution in [0, 0.1) is 5.82 Å². The van der Waals surface area contributed by atoms with Crippen molar-refractivity contribution in [2.24, 2.45) is 0 Å². The van der Waals surface area contributed by atoms with E-state index in [4.69, 9.17) is 10.8 Å². The Morgan fingerprint density at radius 2 is 1.86 bits per heavy atom. The number of phenolic OH excluding ortho intramolecular Hbond substituents is 1. The van der Waals surface area contributed by atoms with E-state index in [1.165, 1.54) is 0 Å². The normalized spacial score (nSPS) is 11.4. The molecule has 0 saturated carbocycles. The zero-order chi connectivity index (χ0) is 10.9. The summed E-state index contributed by atoms with van der Waals surface area (Å²) in [5.41, 5.74) is 4.33. The fourth-order valence-corrected chi connectivity index (χ4v) is 0.772. The van der Waals surface area contributed by atoms with Crippen LogP contribution >= 0.6 is 0 Å². The van der Waals surface area contributed by atoms with E-state index < -0.39 is 29.4 Å². The molecule has 0 aliphatic rings. The van der Waals surface area contributed by atoms with Gasteiger partial charge in [-0.2, -0.15) is 0 Å². The monoisotopic (exact) mass is 211 g/mol. The van der Waals surface area contributed by atoms with Crippen molar-refractivity contribution in [3.63, 3.8) is 0 Å². The van der Waals surface area contributed by atoms with Gasteiger partial charge in [-0.25, -0.2) is 4.39 Å². The second-order valence-electron chi connectivity index (χ2n) is 2.39. The van der Waals surface area contributed by atoms with Crippen molar-refractivity contribution in [1.29, 1.82) is 0 Å². The van der Waals surface area contributed by atoms with E-state index in [-0.39, 0.29) is 0 Å². The van der Waals surface area contributed by atoms with E-state index in [0.717, 1.165) is 0 Å². The lowest BCUT2D eigenvalue weighted by molar-refractivity contribution is -0.274. The van der Waals surface area contributed by atoms with E-state index >= 15 is 0 Å². The van der Waals surface area contributed by atoms with Crippen LogP contribution < -0.4 is 10.5 Å². The maximum absolute atomic E-state index is 12.7. The van der Waals surface area contributed by atoms with Crippen LogP contribution in [-0.4, -0.2) is 11.5 Å². The molecular weight excluding hydrogens is 206 g/mol. The Morgan fingerprint density at radius 1 is 1.29 bits per heavy atom. The highest BCUT2D eigenvalue weighted by molar-refractivity contribution is 5.55. The van der Waals surface area contributed by atoms with Gasteiger partial charge in [-0.05, 0) is 0 Å². The lowest BCUT2D eigenvalue weighted by atomic mass is 10.2. The average Bonchev–Trinajstić information content (AvgIpc) is 1.96. The van der Waals surface area contributed by atoms with E-state index in [2.05, 4.69) is 4.74 Å². The van der Waals surface area contributed by atoms with Crippen LogP contribution in [0.5, 0.6) is 11.5 Å². The Labute approximate surface area is 75.7 Å². The summed E-state index contributed by atoms with van der Waals surface area (Å²) in [6, 6.07) is 1.01. The number of aromatic hydroxyl groups is 1. The molecule has 1 rings (SSSR count). The molecule has 0 bridgehead atoms. The van der Waals surface area contributed by atoms with Gasteiger partial charge in [0.1, 0.15) is 17.2 Å². The topological polar surface area (TPSA) is 55.5 Å². The summed E-state index contributed by atoms with van der Waals surface area (Å²) in [4.78, 5) is 0. The van der Waals surface area contributed by atoms with Crippen LogP contribution in [0.25, 0.3) is 0 Å². The molecule has 78 valence electrons. The molecule has 0 aromatic heterocycles. The van der Waals surface area contributed by atoms with Gasteiger partial charge >= 0.3 is 6.36 Å². The first-order chi connectivity index (χ1) is 6.29. The van der Waals surface area contributed by atoms with Gasteiger partial charge in [-0.15, -0.1) is 13.2 Å². The van der Waals surface area contributed by atoms with E-state index in [0.29, 0.717) is 12.1 Å². The van der Waals surface area contributed by atoms with Crippen molar-refractivity contribution in [2.45, 2.75) is 6.36 Å². The number of anilines is 1.